The summed E-state index contributed by atoms with van der Waals surface area (Å²) in [5, 5.41) is 30.4. The highest BCUT2D eigenvalue weighted by Crippen LogP contribution is 2.25. The van der Waals surface area contributed by atoms with E-state index in [1.54, 1.807) is 6.07 Å². The maximum atomic E-state index is 12.1. The third-order valence-corrected chi connectivity index (χ3v) is 3.18. The number of carbonyl (C=O) groups is 2. The number of benzene rings is 2. The van der Waals surface area contributed by atoms with Crippen molar-refractivity contribution in [1.29, 1.82) is 0 Å². The van der Waals surface area contributed by atoms with E-state index in [0.717, 1.165) is 6.07 Å². The number of amides is 1. The summed E-state index contributed by atoms with van der Waals surface area (Å²) in [4.78, 5) is 23.2. The molecule has 2 rings (SSSR count). The van der Waals surface area contributed by atoms with Crippen molar-refractivity contribution in [3.05, 3.63) is 52.0 Å². The topological polar surface area (TPSA) is 107 Å². The molecule has 0 unspecified atom stereocenters. The Morgan fingerprint density at radius 1 is 1.00 bits per heavy atom. The van der Waals surface area contributed by atoms with Crippen LogP contribution in [0.15, 0.2) is 40.9 Å². The van der Waals surface area contributed by atoms with Crippen LogP contribution in [-0.2, 0) is 0 Å². The van der Waals surface area contributed by atoms with Gasteiger partial charge in [-0.2, -0.15) is 0 Å². The minimum Gasteiger partial charge on any atom is -0.508 e. The van der Waals surface area contributed by atoms with Gasteiger partial charge in [-0.3, -0.25) is 4.79 Å². The zero-order chi connectivity index (χ0) is 15.6. The van der Waals surface area contributed by atoms with Crippen LogP contribution in [0, 0.1) is 0 Å². The normalized spacial score (nSPS) is 10.1. The SMILES string of the molecule is O=C(Nc1ccc(O)cc1C(=O)O)c1cc(Br)ccc1O. The van der Waals surface area contributed by atoms with Crippen LogP contribution in [0.25, 0.3) is 0 Å². The third-order valence-electron chi connectivity index (χ3n) is 2.68. The average molecular weight is 352 g/mol. The van der Waals surface area contributed by atoms with Crippen LogP contribution in [-0.4, -0.2) is 27.2 Å². The average Bonchev–Trinajstić information content (AvgIpc) is 2.43. The summed E-state index contributed by atoms with van der Waals surface area (Å²) in [6, 6.07) is 7.86. The maximum absolute atomic E-state index is 12.1. The van der Waals surface area contributed by atoms with Crippen molar-refractivity contribution in [3.63, 3.8) is 0 Å². The second-order valence-electron chi connectivity index (χ2n) is 4.15. The van der Waals surface area contributed by atoms with Crippen LogP contribution in [0.4, 0.5) is 5.69 Å². The molecule has 2 aromatic carbocycles. The van der Waals surface area contributed by atoms with Crippen LogP contribution >= 0.6 is 15.9 Å². The van der Waals surface area contributed by atoms with Crippen molar-refractivity contribution in [2.24, 2.45) is 0 Å². The summed E-state index contributed by atoms with van der Waals surface area (Å²) in [5.41, 5.74) is -0.240. The number of phenols is 2. The van der Waals surface area contributed by atoms with Gasteiger partial charge in [-0.1, -0.05) is 15.9 Å². The number of halogens is 1. The van der Waals surface area contributed by atoms with Gasteiger partial charge < -0.3 is 20.6 Å². The molecule has 4 N–H and O–H groups in total. The smallest absolute Gasteiger partial charge is 0.337 e. The maximum Gasteiger partial charge on any atom is 0.337 e. The zero-order valence-electron chi connectivity index (χ0n) is 10.5. The lowest BCUT2D eigenvalue weighted by Crippen LogP contribution is -2.15. The van der Waals surface area contributed by atoms with Gasteiger partial charge in [-0.05, 0) is 36.4 Å². The highest BCUT2D eigenvalue weighted by Gasteiger charge is 2.16. The number of nitrogens with one attached hydrogen (secondary N) is 1. The first-order valence-electron chi connectivity index (χ1n) is 5.74. The van der Waals surface area contributed by atoms with Crippen LogP contribution < -0.4 is 5.32 Å². The van der Waals surface area contributed by atoms with Crippen molar-refractivity contribution >= 4 is 33.5 Å². The highest BCUT2D eigenvalue weighted by atomic mass is 79.9. The van der Waals surface area contributed by atoms with Gasteiger partial charge in [-0.25, -0.2) is 4.79 Å². The number of hydrogen-bond acceptors (Lipinski definition) is 4. The van der Waals surface area contributed by atoms with Gasteiger partial charge in [0.2, 0.25) is 0 Å². The minimum absolute atomic E-state index is 0.00575. The number of carboxylic acid groups (broad SMARTS) is 1. The first kappa shape index (κ1) is 14.9. The number of carbonyl (C=O) groups excluding carboxylic acids is 1. The van der Waals surface area contributed by atoms with Crippen molar-refractivity contribution in [3.8, 4) is 11.5 Å². The van der Waals surface area contributed by atoms with Crippen LogP contribution in [0.2, 0.25) is 0 Å². The predicted molar refractivity (Wildman–Crippen MR) is 78.8 cm³/mol. The summed E-state index contributed by atoms with van der Waals surface area (Å²) >= 11 is 3.18. The van der Waals surface area contributed by atoms with E-state index < -0.39 is 11.9 Å². The monoisotopic (exact) mass is 351 g/mol. The lowest BCUT2D eigenvalue weighted by Gasteiger charge is -2.10. The quantitative estimate of drug-likeness (QED) is 0.636. The Hall–Kier alpha value is -2.54. The largest absolute Gasteiger partial charge is 0.508 e. The number of aromatic carboxylic acids is 1. The van der Waals surface area contributed by atoms with E-state index in [-0.39, 0.29) is 28.3 Å². The van der Waals surface area contributed by atoms with Gasteiger partial charge in [0.15, 0.2) is 0 Å². The van der Waals surface area contributed by atoms with Crippen molar-refractivity contribution < 1.29 is 24.9 Å². The molecule has 0 atom stereocenters. The van der Waals surface area contributed by atoms with Gasteiger partial charge in [0.25, 0.3) is 5.91 Å². The summed E-state index contributed by atoms with van der Waals surface area (Å²) in [6.45, 7) is 0. The zero-order valence-corrected chi connectivity index (χ0v) is 12.1. The fraction of sp³-hybridized carbons (Fsp3) is 0. The first-order chi connectivity index (χ1) is 9.88. The molecule has 0 radical (unpaired) electrons. The van der Waals surface area contributed by atoms with Crippen molar-refractivity contribution in [1.82, 2.24) is 0 Å². The molecule has 0 heterocycles. The van der Waals surface area contributed by atoms with Crippen molar-refractivity contribution in [2.75, 3.05) is 5.32 Å². The lowest BCUT2D eigenvalue weighted by atomic mass is 10.1. The number of phenolic OH excluding ortho intramolecular Hbond substituents is 2. The van der Waals surface area contributed by atoms with Crippen LogP contribution in [0.5, 0.6) is 11.5 Å². The molecule has 0 saturated heterocycles. The molecule has 6 nitrogen and oxygen atoms in total. The number of hydrogen-bond donors (Lipinski definition) is 4. The van der Waals surface area contributed by atoms with Crippen LogP contribution in [0.1, 0.15) is 20.7 Å². The summed E-state index contributed by atoms with van der Waals surface area (Å²) in [7, 11) is 0. The Kier molecular flexibility index (Phi) is 4.13. The Bertz CT molecular complexity index is 729. The number of rotatable bonds is 3. The Morgan fingerprint density at radius 2 is 1.71 bits per heavy atom. The summed E-state index contributed by atoms with van der Waals surface area (Å²) in [6.07, 6.45) is 0. The van der Waals surface area contributed by atoms with Gasteiger partial charge in [0.1, 0.15) is 11.5 Å². The molecular weight excluding hydrogens is 342 g/mol. The molecule has 2 aromatic rings. The van der Waals surface area contributed by atoms with E-state index in [9.17, 15) is 19.8 Å². The second-order valence-corrected chi connectivity index (χ2v) is 5.07. The molecule has 21 heavy (non-hydrogen) atoms. The molecule has 0 aromatic heterocycles. The second kappa shape index (κ2) is 5.84. The molecule has 0 saturated carbocycles. The fourth-order valence-electron chi connectivity index (χ4n) is 1.70. The van der Waals surface area contributed by atoms with Gasteiger partial charge in [-0.15, -0.1) is 0 Å². The standard InChI is InChI=1S/C14H10BrNO5/c15-7-1-4-12(18)10(5-7)13(19)16-11-3-2-8(17)6-9(11)14(20)21/h1-6,17-18H,(H,16,19)(H,20,21). The Morgan fingerprint density at radius 3 is 2.38 bits per heavy atom. The molecule has 0 aliphatic rings. The number of carboxylic acids is 1. The molecule has 0 spiro atoms. The summed E-state index contributed by atoms with van der Waals surface area (Å²) in [5.74, 6) is -2.41. The lowest BCUT2D eigenvalue weighted by molar-refractivity contribution is 0.0697. The molecule has 1 amide bonds. The fourth-order valence-corrected chi connectivity index (χ4v) is 2.06. The van der Waals surface area contributed by atoms with Gasteiger partial charge in [0.05, 0.1) is 16.8 Å². The van der Waals surface area contributed by atoms with Gasteiger partial charge in [0, 0.05) is 4.47 Å². The molecule has 0 fully saturated rings. The van der Waals surface area contributed by atoms with Gasteiger partial charge >= 0.3 is 5.97 Å². The van der Waals surface area contributed by atoms with E-state index in [1.807, 2.05) is 0 Å². The number of anilines is 1. The van der Waals surface area contributed by atoms with Crippen LogP contribution in [0.3, 0.4) is 0 Å². The summed E-state index contributed by atoms with van der Waals surface area (Å²) < 4.78 is 0.592. The molecule has 0 aliphatic carbocycles. The highest BCUT2D eigenvalue weighted by molar-refractivity contribution is 9.10. The molecule has 7 heteroatoms. The first-order valence-corrected chi connectivity index (χ1v) is 6.54. The minimum atomic E-state index is -1.29. The molecule has 0 bridgehead atoms. The van der Waals surface area contributed by atoms with E-state index in [4.69, 9.17) is 5.11 Å². The Labute approximate surface area is 127 Å². The van der Waals surface area contributed by atoms with E-state index >= 15 is 0 Å². The molecule has 0 aliphatic heterocycles. The predicted octanol–water partition coefficient (Wildman–Crippen LogP) is 2.81. The van der Waals surface area contributed by atoms with Crippen molar-refractivity contribution in [2.45, 2.75) is 0 Å². The third kappa shape index (κ3) is 3.32. The molecular formula is C14H10BrNO5. The van der Waals surface area contributed by atoms with E-state index in [0.29, 0.717) is 4.47 Å². The Balaban J connectivity index is 2.36. The number of aromatic hydroxyl groups is 2. The van der Waals surface area contributed by atoms with E-state index in [1.165, 1.54) is 24.3 Å². The molecule has 108 valence electrons. The van der Waals surface area contributed by atoms with E-state index in [2.05, 4.69) is 21.2 Å².